The minimum atomic E-state index is -1.10. The van der Waals surface area contributed by atoms with Crippen LogP contribution >= 0.6 is 0 Å². The van der Waals surface area contributed by atoms with Gasteiger partial charge in [-0.25, -0.2) is 4.79 Å². The first-order valence-electron chi connectivity index (χ1n) is 7.84. The van der Waals surface area contributed by atoms with Crippen LogP contribution in [-0.4, -0.2) is 37.1 Å². The third kappa shape index (κ3) is 4.94. The van der Waals surface area contributed by atoms with Crippen LogP contribution in [0.25, 0.3) is 0 Å². The number of anilines is 1. The second-order valence-electron chi connectivity index (χ2n) is 5.41. The Balaban J connectivity index is 2.04. The van der Waals surface area contributed by atoms with Gasteiger partial charge < -0.3 is 19.5 Å². The maximum Gasteiger partial charge on any atom is 0.338 e. The molecule has 0 heterocycles. The van der Waals surface area contributed by atoms with Crippen molar-refractivity contribution in [2.75, 3.05) is 19.5 Å². The molecule has 0 saturated carbocycles. The smallest absolute Gasteiger partial charge is 0.338 e. The van der Waals surface area contributed by atoms with E-state index < -0.39 is 22.9 Å². The summed E-state index contributed by atoms with van der Waals surface area (Å²) in [6.07, 6.45) is -1.10. The highest BCUT2D eigenvalue weighted by atomic mass is 16.6. The minimum absolute atomic E-state index is 0.117. The lowest BCUT2D eigenvalue weighted by atomic mass is 10.2. The number of benzene rings is 2. The molecule has 0 aliphatic carbocycles. The van der Waals surface area contributed by atoms with E-state index in [9.17, 15) is 19.7 Å². The molecule has 1 N–H and O–H groups in total. The van der Waals surface area contributed by atoms with Crippen molar-refractivity contribution in [3.8, 4) is 11.5 Å². The van der Waals surface area contributed by atoms with Gasteiger partial charge in [-0.3, -0.25) is 14.9 Å². The lowest BCUT2D eigenvalue weighted by Crippen LogP contribution is -2.30. The number of non-ortho nitro benzene ring substituents is 1. The molecule has 0 bridgehead atoms. The highest BCUT2D eigenvalue weighted by Crippen LogP contribution is 2.29. The van der Waals surface area contributed by atoms with Crippen LogP contribution in [-0.2, 0) is 9.53 Å². The van der Waals surface area contributed by atoms with Crippen LogP contribution in [0.2, 0.25) is 0 Å². The fraction of sp³-hybridized carbons (Fsp3) is 0.222. The van der Waals surface area contributed by atoms with E-state index in [1.165, 1.54) is 51.5 Å². The van der Waals surface area contributed by atoms with Crippen molar-refractivity contribution >= 4 is 23.3 Å². The van der Waals surface area contributed by atoms with Crippen LogP contribution in [0.4, 0.5) is 11.4 Å². The Morgan fingerprint density at radius 2 is 1.74 bits per heavy atom. The first-order chi connectivity index (χ1) is 12.8. The lowest BCUT2D eigenvalue weighted by Gasteiger charge is -2.15. The van der Waals surface area contributed by atoms with Gasteiger partial charge in [-0.1, -0.05) is 0 Å². The van der Waals surface area contributed by atoms with Gasteiger partial charge in [0.25, 0.3) is 11.6 Å². The van der Waals surface area contributed by atoms with Crippen LogP contribution in [0.1, 0.15) is 17.3 Å². The first-order valence-corrected chi connectivity index (χ1v) is 7.84. The SMILES string of the molecule is COc1ccc(C(=O)O[C@H](C)C(=O)Nc2ccc([N+](=O)[O-])cc2OC)cc1. The predicted octanol–water partition coefficient (Wildman–Crippen LogP) is 2.80. The lowest BCUT2D eigenvalue weighted by molar-refractivity contribution is -0.384. The first kappa shape index (κ1) is 19.7. The normalized spacial score (nSPS) is 11.2. The number of methoxy groups -OCH3 is 2. The van der Waals surface area contributed by atoms with Crippen LogP contribution in [0.15, 0.2) is 42.5 Å². The van der Waals surface area contributed by atoms with E-state index in [1.807, 2.05) is 0 Å². The monoisotopic (exact) mass is 374 g/mol. The predicted molar refractivity (Wildman–Crippen MR) is 96.1 cm³/mol. The maximum absolute atomic E-state index is 12.3. The van der Waals surface area contributed by atoms with E-state index in [0.717, 1.165) is 0 Å². The van der Waals surface area contributed by atoms with Crippen LogP contribution in [0.3, 0.4) is 0 Å². The van der Waals surface area contributed by atoms with Crippen molar-refractivity contribution in [3.63, 3.8) is 0 Å². The summed E-state index contributed by atoms with van der Waals surface area (Å²) >= 11 is 0. The third-order valence-corrected chi connectivity index (χ3v) is 3.63. The quantitative estimate of drug-likeness (QED) is 0.450. The number of esters is 1. The molecular weight excluding hydrogens is 356 g/mol. The molecule has 2 rings (SSSR count). The number of hydrogen-bond donors (Lipinski definition) is 1. The van der Waals surface area contributed by atoms with E-state index in [4.69, 9.17) is 14.2 Å². The van der Waals surface area contributed by atoms with Gasteiger partial charge in [0.05, 0.1) is 36.5 Å². The zero-order valence-corrected chi connectivity index (χ0v) is 14.9. The van der Waals surface area contributed by atoms with E-state index in [2.05, 4.69) is 5.32 Å². The number of carbonyl (C=O) groups is 2. The van der Waals surface area contributed by atoms with Gasteiger partial charge in [0.2, 0.25) is 0 Å². The van der Waals surface area contributed by atoms with Crippen LogP contribution in [0, 0.1) is 10.1 Å². The standard InChI is InChI=1S/C18H18N2O7/c1-11(27-18(22)12-4-7-14(25-2)8-5-12)17(21)19-15-9-6-13(20(23)24)10-16(15)26-3/h4-11H,1-3H3,(H,19,21)/t11-/m1/s1. The number of nitro benzene ring substituents is 1. The van der Waals surface area contributed by atoms with Crippen molar-refractivity contribution in [2.45, 2.75) is 13.0 Å². The summed E-state index contributed by atoms with van der Waals surface area (Å²) in [4.78, 5) is 34.6. The van der Waals surface area contributed by atoms with E-state index in [-0.39, 0.29) is 22.7 Å². The molecule has 0 aromatic heterocycles. The van der Waals surface area contributed by atoms with Gasteiger partial charge in [0, 0.05) is 6.07 Å². The number of nitro groups is 1. The third-order valence-electron chi connectivity index (χ3n) is 3.63. The molecule has 1 atom stereocenters. The molecule has 0 saturated heterocycles. The zero-order valence-electron chi connectivity index (χ0n) is 14.9. The molecule has 0 aliphatic rings. The molecule has 2 aromatic rings. The Kier molecular flexibility index (Phi) is 6.32. The molecule has 1 amide bonds. The van der Waals surface area contributed by atoms with E-state index in [0.29, 0.717) is 5.75 Å². The highest BCUT2D eigenvalue weighted by Gasteiger charge is 2.21. The summed E-state index contributed by atoms with van der Waals surface area (Å²) in [6, 6.07) is 9.99. The fourth-order valence-corrected chi connectivity index (χ4v) is 2.14. The summed E-state index contributed by atoms with van der Waals surface area (Å²) < 4.78 is 15.2. The highest BCUT2D eigenvalue weighted by molar-refractivity contribution is 5.98. The minimum Gasteiger partial charge on any atom is -0.497 e. The summed E-state index contributed by atoms with van der Waals surface area (Å²) in [5.74, 6) is -0.575. The topological polar surface area (TPSA) is 117 Å². The van der Waals surface area contributed by atoms with Gasteiger partial charge in [-0.15, -0.1) is 0 Å². The van der Waals surface area contributed by atoms with Gasteiger partial charge in [0.1, 0.15) is 11.5 Å². The summed E-state index contributed by atoms with van der Waals surface area (Å²) in [5.41, 5.74) is 0.313. The average Bonchev–Trinajstić information content (AvgIpc) is 2.67. The molecule has 27 heavy (non-hydrogen) atoms. The molecule has 9 heteroatoms. The number of nitrogens with one attached hydrogen (secondary N) is 1. The number of nitrogens with zero attached hydrogens (tertiary/aromatic N) is 1. The van der Waals surface area contributed by atoms with E-state index >= 15 is 0 Å². The van der Waals surface area contributed by atoms with Crippen molar-refractivity contribution in [1.82, 2.24) is 0 Å². The molecular formula is C18H18N2O7. The Bertz CT molecular complexity index is 849. The summed E-state index contributed by atoms with van der Waals surface area (Å²) in [5, 5.41) is 13.3. The second kappa shape index (κ2) is 8.65. The van der Waals surface area contributed by atoms with E-state index in [1.54, 1.807) is 12.1 Å². The molecule has 0 fully saturated rings. The molecule has 2 aromatic carbocycles. The van der Waals surface area contributed by atoms with Crippen molar-refractivity contribution in [2.24, 2.45) is 0 Å². The molecule has 9 nitrogen and oxygen atoms in total. The van der Waals surface area contributed by atoms with Gasteiger partial charge in [0.15, 0.2) is 6.10 Å². The molecule has 0 radical (unpaired) electrons. The van der Waals surface area contributed by atoms with Gasteiger partial charge in [-0.05, 0) is 37.3 Å². The molecule has 0 aliphatic heterocycles. The van der Waals surface area contributed by atoms with Gasteiger partial charge in [-0.2, -0.15) is 0 Å². The average molecular weight is 374 g/mol. The number of amides is 1. The number of carbonyl (C=O) groups excluding carboxylic acids is 2. The Morgan fingerprint density at radius 1 is 1.07 bits per heavy atom. The van der Waals surface area contributed by atoms with Crippen molar-refractivity contribution in [3.05, 3.63) is 58.1 Å². The Labute approximate surface area is 155 Å². The Hall–Kier alpha value is -3.62. The Morgan fingerprint density at radius 3 is 2.30 bits per heavy atom. The fourth-order valence-electron chi connectivity index (χ4n) is 2.14. The number of rotatable bonds is 7. The summed E-state index contributed by atoms with van der Waals surface area (Å²) in [6.45, 7) is 1.41. The molecule has 142 valence electrons. The number of hydrogen-bond acceptors (Lipinski definition) is 7. The van der Waals surface area contributed by atoms with Crippen LogP contribution < -0.4 is 14.8 Å². The summed E-state index contributed by atoms with van der Waals surface area (Å²) in [7, 11) is 2.83. The molecule has 0 unspecified atom stereocenters. The van der Waals surface area contributed by atoms with Crippen molar-refractivity contribution < 1.29 is 28.7 Å². The largest absolute Gasteiger partial charge is 0.497 e. The van der Waals surface area contributed by atoms with Gasteiger partial charge >= 0.3 is 5.97 Å². The van der Waals surface area contributed by atoms with Crippen molar-refractivity contribution in [1.29, 1.82) is 0 Å². The molecule has 0 spiro atoms. The second-order valence-corrected chi connectivity index (χ2v) is 5.41. The zero-order chi connectivity index (χ0) is 20.0. The van der Waals surface area contributed by atoms with Crippen LogP contribution in [0.5, 0.6) is 11.5 Å². The maximum atomic E-state index is 12.3. The number of ether oxygens (including phenoxy) is 3.